The van der Waals surface area contributed by atoms with Crippen LogP contribution in [0.2, 0.25) is 0 Å². The number of nitrogens with one attached hydrogen (secondary N) is 1. The van der Waals surface area contributed by atoms with Crippen LogP contribution in [0.5, 0.6) is 0 Å². The number of rotatable bonds is 5. The van der Waals surface area contributed by atoms with E-state index in [0.29, 0.717) is 22.9 Å². The molecule has 2 aromatic heterocycles. The molecule has 0 radical (unpaired) electrons. The predicted molar refractivity (Wildman–Crippen MR) is 113 cm³/mol. The van der Waals surface area contributed by atoms with E-state index in [1.807, 2.05) is 11.6 Å². The maximum absolute atomic E-state index is 12.4. The Bertz CT molecular complexity index is 1010. The highest BCUT2D eigenvalue weighted by atomic mass is 32.2. The van der Waals surface area contributed by atoms with Gasteiger partial charge in [-0.25, -0.2) is 4.98 Å². The fourth-order valence-electron chi connectivity index (χ4n) is 4.08. The Hall–Kier alpha value is -2.15. The zero-order chi connectivity index (χ0) is 19.7. The van der Waals surface area contributed by atoms with E-state index in [0.717, 1.165) is 34.9 Å². The number of aromatic nitrogens is 4. The summed E-state index contributed by atoms with van der Waals surface area (Å²) in [5.41, 5.74) is 3.99. The quantitative estimate of drug-likeness (QED) is 0.662. The van der Waals surface area contributed by atoms with Gasteiger partial charge in [-0.3, -0.25) is 4.79 Å². The molecule has 0 aliphatic heterocycles. The molecule has 6 nitrogen and oxygen atoms in total. The third kappa shape index (κ3) is 3.72. The second-order valence-electron chi connectivity index (χ2n) is 7.76. The van der Waals surface area contributed by atoms with E-state index in [1.54, 1.807) is 0 Å². The van der Waals surface area contributed by atoms with Crippen LogP contribution in [0.25, 0.3) is 22.1 Å². The molecule has 1 N–H and O–H groups in total. The summed E-state index contributed by atoms with van der Waals surface area (Å²) in [7, 11) is 2.00. The molecule has 1 fully saturated rings. The molecule has 0 spiro atoms. The number of aryl methyl sites for hydroxylation is 2. The summed E-state index contributed by atoms with van der Waals surface area (Å²) in [6.07, 6.45) is 5.73. The molecule has 0 bridgehead atoms. The van der Waals surface area contributed by atoms with Gasteiger partial charge in [-0.1, -0.05) is 44.5 Å². The first kappa shape index (κ1) is 19.2. The first-order valence-electron chi connectivity index (χ1n) is 10.1. The number of hydrogen-bond donors (Lipinski definition) is 1. The van der Waals surface area contributed by atoms with Crippen molar-refractivity contribution >= 4 is 39.7 Å². The molecule has 1 saturated carbocycles. The van der Waals surface area contributed by atoms with E-state index in [1.165, 1.54) is 36.6 Å². The number of carbonyl (C=O) groups is 1. The molecule has 2 heterocycles. The average Bonchev–Trinajstić information content (AvgIpc) is 2.99. The first-order chi connectivity index (χ1) is 13.6. The van der Waals surface area contributed by atoms with Crippen molar-refractivity contribution in [1.29, 1.82) is 0 Å². The lowest BCUT2D eigenvalue weighted by Crippen LogP contribution is -2.41. The van der Waals surface area contributed by atoms with Gasteiger partial charge in [-0.05, 0) is 42.9 Å². The van der Waals surface area contributed by atoms with Crippen LogP contribution in [0.4, 0.5) is 0 Å². The van der Waals surface area contributed by atoms with Crippen LogP contribution in [0.15, 0.2) is 23.4 Å². The minimum atomic E-state index is 0.0528. The number of carbonyl (C=O) groups excluding carboxylic acids is 1. The molecule has 7 heteroatoms. The molecule has 1 aliphatic rings. The number of benzene rings is 1. The third-order valence-electron chi connectivity index (χ3n) is 5.84. The highest BCUT2D eigenvalue weighted by Gasteiger charge is 2.23. The molecule has 1 aliphatic carbocycles. The van der Waals surface area contributed by atoms with Crippen molar-refractivity contribution in [3.8, 4) is 0 Å². The number of amides is 1. The Balaban J connectivity index is 1.49. The van der Waals surface area contributed by atoms with Crippen LogP contribution in [-0.4, -0.2) is 37.5 Å². The number of hydrogen-bond acceptors (Lipinski definition) is 5. The minimum Gasteiger partial charge on any atom is -0.352 e. The molecular weight excluding hydrogens is 370 g/mol. The molecule has 1 aromatic carbocycles. The molecule has 2 atom stereocenters. The molecular formula is C21H27N5OS. The van der Waals surface area contributed by atoms with Gasteiger partial charge in [-0.2, -0.15) is 0 Å². The average molecular weight is 398 g/mol. The van der Waals surface area contributed by atoms with E-state index in [4.69, 9.17) is 0 Å². The normalized spacial score (nSPS) is 20.0. The third-order valence-corrected chi connectivity index (χ3v) is 6.68. The minimum absolute atomic E-state index is 0.0528. The van der Waals surface area contributed by atoms with Gasteiger partial charge >= 0.3 is 0 Å². The van der Waals surface area contributed by atoms with Crippen LogP contribution >= 0.6 is 11.8 Å². The Kier molecular flexibility index (Phi) is 5.53. The van der Waals surface area contributed by atoms with E-state index in [9.17, 15) is 4.79 Å². The van der Waals surface area contributed by atoms with Gasteiger partial charge in [0.05, 0.1) is 11.3 Å². The maximum atomic E-state index is 12.4. The van der Waals surface area contributed by atoms with Gasteiger partial charge in [0.25, 0.3) is 0 Å². The Morgan fingerprint density at radius 2 is 2.11 bits per heavy atom. The van der Waals surface area contributed by atoms with Gasteiger partial charge < -0.3 is 9.88 Å². The van der Waals surface area contributed by atoms with Crippen molar-refractivity contribution < 1.29 is 4.79 Å². The van der Waals surface area contributed by atoms with Crippen molar-refractivity contribution in [2.24, 2.45) is 13.0 Å². The number of nitrogens with zero attached hydrogens (tertiary/aromatic N) is 4. The molecule has 3 aromatic rings. The summed E-state index contributed by atoms with van der Waals surface area (Å²) < 4.78 is 2.05. The first-order valence-corrected chi connectivity index (χ1v) is 11.1. The molecule has 28 heavy (non-hydrogen) atoms. The standard InChI is InChI=1S/C21H27N5OS/c1-4-14-9-10-17-15(11-14)19-20(26(17)3)23-21(25-24-19)28-12-18(27)22-16-8-6-5-7-13(16)2/h9-11,13,16H,4-8,12H2,1-3H3,(H,22,27)/t13-,16+/m1/s1. The monoisotopic (exact) mass is 397 g/mol. The fraction of sp³-hybridized carbons (Fsp3) is 0.524. The van der Waals surface area contributed by atoms with Crippen molar-refractivity contribution in [2.45, 2.75) is 57.1 Å². The van der Waals surface area contributed by atoms with E-state index in [-0.39, 0.29) is 5.91 Å². The molecule has 0 unspecified atom stereocenters. The topological polar surface area (TPSA) is 72.7 Å². The van der Waals surface area contributed by atoms with Crippen molar-refractivity contribution in [3.63, 3.8) is 0 Å². The summed E-state index contributed by atoms with van der Waals surface area (Å²) in [5.74, 6) is 0.929. The molecule has 148 valence electrons. The van der Waals surface area contributed by atoms with Gasteiger partial charge in [0.1, 0.15) is 5.52 Å². The summed E-state index contributed by atoms with van der Waals surface area (Å²) in [6.45, 7) is 4.37. The molecule has 0 saturated heterocycles. The van der Waals surface area contributed by atoms with Gasteiger partial charge in [0, 0.05) is 18.5 Å². The fourth-order valence-corrected chi connectivity index (χ4v) is 4.67. The van der Waals surface area contributed by atoms with Gasteiger partial charge in [0.2, 0.25) is 11.1 Å². The van der Waals surface area contributed by atoms with E-state index < -0.39 is 0 Å². The summed E-state index contributed by atoms with van der Waals surface area (Å²) in [4.78, 5) is 17.0. The number of fused-ring (bicyclic) bond motifs is 3. The zero-order valence-corrected chi connectivity index (χ0v) is 17.6. The SMILES string of the molecule is CCc1ccc2c(c1)c1nnc(SCC(=O)N[C@H]3CCCC[C@H]3C)nc1n2C. The van der Waals surface area contributed by atoms with Crippen LogP contribution < -0.4 is 5.32 Å². The van der Waals surface area contributed by atoms with Crippen LogP contribution in [-0.2, 0) is 18.3 Å². The van der Waals surface area contributed by atoms with E-state index >= 15 is 0 Å². The zero-order valence-electron chi connectivity index (χ0n) is 16.7. The van der Waals surface area contributed by atoms with Crippen molar-refractivity contribution in [3.05, 3.63) is 23.8 Å². The van der Waals surface area contributed by atoms with Crippen LogP contribution in [0, 0.1) is 5.92 Å². The van der Waals surface area contributed by atoms with Crippen LogP contribution in [0.1, 0.15) is 45.1 Å². The lowest BCUT2D eigenvalue weighted by molar-refractivity contribution is -0.119. The van der Waals surface area contributed by atoms with Crippen molar-refractivity contribution in [1.82, 2.24) is 25.1 Å². The lowest BCUT2D eigenvalue weighted by atomic mass is 9.86. The Morgan fingerprint density at radius 3 is 2.89 bits per heavy atom. The largest absolute Gasteiger partial charge is 0.352 e. The van der Waals surface area contributed by atoms with E-state index in [2.05, 4.69) is 52.5 Å². The van der Waals surface area contributed by atoms with Crippen LogP contribution in [0.3, 0.4) is 0 Å². The van der Waals surface area contributed by atoms with Gasteiger partial charge in [-0.15, -0.1) is 10.2 Å². The molecule has 1 amide bonds. The highest BCUT2D eigenvalue weighted by molar-refractivity contribution is 7.99. The summed E-state index contributed by atoms with van der Waals surface area (Å²) >= 11 is 1.35. The summed E-state index contributed by atoms with van der Waals surface area (Å²) in [5, 5.41) is 13.5. The van der Waals surface area contributed by atoms with Gasteiger partial charge in [0.15, 0.2) is 5.65 Å². The Labute approximate surface area is 169 Å². The molecule has 4 rings (SSSR count). The predicted octanol–water partition coefficient (Wildman–Crippen LogP) is 3.87. The highest BCUT2D eigenvalue weighted by Crippen LogP contribution is 2.27. The smallest absolute Gasteiger partial charge is 0.230 e. The summed E-state index contributed by atoms with van der Waals surface area (Å²) in [6, 6.07) is 6.72. The second-order valence-corrected chi connectivity index (χ2v) is 8.70. The second kappa shape index (κ2) is 8.07. The number of thioether (sulfide) groups is 1. The maximum Gasteiger partial charge on any atom is 0.230 e. The lowest BCUT2D eigenvalue weighted by Gasteiger charge is -2.29. The van der Waals surface area contributed by atoms with Crippen molar-refractivity contribution in [2.75, 3.05) is 5.75 Å². The Morgan fingerprint density at radius 1 is 1.29 bits per heavy atom.